The van der Waals surface area contributed by atoms with E-state index in [1.165, 1.54) is 44.7 Å². The summed E-state index contributed by atoms with van der Waals surface area (Å²) < 4.78 is 29.3. The molecule has 3 aromatic carbocycles. The highest BCUT2D eigenvalue weighted by atomic mass is 19.1. The van der Waals surface area contributed by atoms with Crippen molar-refractivity contribution in [2.24, 2.45) is 5.10 Å². The van der Waals surface area contributed by atoms with Crippen LogP contribution in [0.3, 0.4) is 0 Å². The summed E-state index contributed by atoms with van der Waals surface area (Å²) in [5, 5.41) is 3.81. The highest BCUT2D eigenvalue weighted by molar-refractivity contribution is 5.95. The highest BCUT2D eigenvalue weighted by Crippen LogP contribution is 2.28. The van der Waals surface area contributed by atoms with E-state index >= 15 is 0 Å². The molecule has 0 saturated heterocycles. The Bertz CT molecular complexity index is 1110. The number of carbonyl (C=O) groups excluding carboxylic acids is 2. The van der Waals surface area contributed by atoms with E-state index in [9.17, 15) is 14.0 Å². The molecule has 3 rings (SSSR count). The van der Waals surface area contributed by atoms with E-state index in [0.717, 1.165) is 0 Å². The molecule has 1 amide bonds. The molecule has 7 nitrogen and oxygen atoms in total. The largest absolute Gasteiger partial charge is 0.493 e. The number of esters is 1. The van der Waals surface area contributed by atoms with Gasteiger partial charge in [-0.2, -0.15) is 5.10 Å². The fourth-order valence-corrected chi connectivity index (χ4v) is 2.62. The van der Waals surface area contributed by atoms with E-state index in [2.05, 4.69) is 10.5 Å². The minimum absolute atomic E-state index is 0.0999. The van der Waals surface area contributed by atoms with E-state index in [1.807, 2.05) is 0 Å². The van der Waals surface area contributed by atoms with E-state index in [1.54, 1.807) is 42.5 Å². The van der Waals surface area contributed by atoms with E-state index < -0.39 is 17.7 Å². The molecular formula is C23H19FN2O5. The first-order valence-corrected chi connectivity index (χ1v) is 9.14. The second-order valence-corrected chi connectivity index (χ2v) is 6.21. The summed E-state index contributed by atoms with van der Waals surface area (Å²) in [6, 6.07) is 16.8. The minimum Gasteiger partial charge on any atom is -0.493 e. The lowest BCUT2D eigenvalue weighted by Gasteiger charge is -2.09. The number of nitrogens with one attached hydrogen (secondary N) is 1. The normalized spacial score (nSPS) is 10.5. The van der Waals surface area contributed by atoms with Gasteiger partial charge in [0.1, 0.15) is 11.6 Å². The number of hydrogen-bond acceptors (Lipinski definition) is 6. The zero-order valence-corrected chi connectivity index (χ0v) is 16.8. The summed E-state index contributed by atoms with van der Waals surface area (Å²) in [6.45, 7) is 0. The summed E-state index contributed by atoms with van der Waals surface area (Å²) in [6.07, 6.45) is 1.39. The lowest BCUT2D eigenvalue weighted by Crippen LogP contribution is -2.18. The predicted molar refractivity (Wildman–Crippen MR) is 112 cm³/mol. The molecule has 0 aliphatic heterocycles. The number of hydrazone groups is 1. The van der Waals surface area contributed by atoms with Crippen molar-refractivity contribution in [2.75, 3.05) is 14.2 Å². The zero-order chi connectivity index (χ0) is 22.2. The molecule has 0 aliphatic rings. The zero-order valence-electron chi connectivity index (χ0n) is 16.8. The lowest BCUT2D eigenvalue weighted by molar-refractivity contribution is 0.0734. The fraction of sp³-hybridized carbons (Fsp3) is 0.0870. The molecule has 0 aromatic heterocycles. The Hall–Kier alpha value is -4.20. The summed E-state index contributed by atoms with van der Waals surface area (Å²) in [4.78, 5) is 24.3. The molecule has 8 heteroatoms. The van der Waals surface area contributed by atoms with Crippen LogP contribution in [0.5, 0.6) is 17.2 Å². The quantitative estimate of drug-likeness (QED) is 0.271. The third-order valence-electron chi connectivity index (χ3n) is 4.21. The molecule has 0 unspecified atom stereocenters. The van der Waals surface area contributed by atoms with Crippen LogP contribution < -0.4 is 19.6 Å². The second kappa shape index (κ2) is 10.0. The van der Waals surface area contributed by atoms with Crippen LogP contribution in [0.25, 0.3) is 0 Å². The van der Waals surface area contributed by atoms with Crippen LogP contribution in [0.1, 0.15) is 26.3 Å². The molecule has 0 spiro atoms. The van der Waals surface area contributed by atoms with Gasteiger partial charge in [0.25, 0.3) is 5.91 Å². The molecule has 158 valence electrons. The van der Waals surface area contributed by atoms with Gasteiger partial charge in [-0.3, -0.25) is 4.79 Å². The average Bonchev–Trinajstić information content (AvgIpc) is 2.79. The topological polar surface area (TPSA) is 86.2 Å². The van der Waals surface area contributed by atoms with Crippen molar-refractivity contribution in [1.29, 1.82) is 0 Å². The molecule has 0 fully saturated rings. The first-order valence-electron chi connectivity index (χ1n) is 9.14. The third-order valence-corrected chi connectivity index (χ3v) is 4.21. The molecule has 0 aliphatic carbocycles. The summed E-state index contributed by atoms with van der Waals surface area (Å²) in [7, 11) is 2.98. The standard InChI is InChI=1S/C23H19FN2O5/c1-29-20-12-9-16(13-21(20)30-2)23(28)31-17-10-7-15(8-11-17)14-25-26-22(27)18-5-3-4-6-19(18)24/h3-14H,1-2H3,(H,26,27). The van der Waals surface area contributed by atoms with E-state index in [-0.39, 0.29) is 5.56 Å². The van der Waals surface area contributed by atoms with Gasteiger partial charge in [-0.15, -0.1) is 0 Å². The number of benzene rings is 3. The molecule has 0 bridgehead atoms. The average molecular weight is 422 g/mol. The van der Waals surface area contributed by atoms with Crippen molar-refractivity contribution < 1.29 is 28.2 Å². The maximum absolute atomic E-state index is 13.6. The van der Waals surface area contributed by atoms with Crippen LogP contribution in [0.15, 0.2) is 71.8 Å². The van der Waals surface area contributed by atoms with Gasteiger partial charge in [-0.25, -0.2) is 14.6 Å². The highest BCUT2D eigenvalue weighted by Gasteiger charge is 2.13. The number of ether oxygens (including phenoxy) is 3. The molecule has 0 radical (unpaired) electrons. The Balaban J connectivity index is 1.60. The van der Waals surface area contributed by atoms with Crippen LogP contribution in [0, 0.1) is 5.82 Å². The van der Waals surface area contributed by atoms with Gasteiger partial charge in [-0.1, -0.05) is 12.1 Å². The predicted octanol–water partition coefficient (Wildman–Crippen LogP) is 3.83. The number of amides is 1. The lowest BCUT2D eigenvalue weighted by atomic mass is 10.2. The molecule has 1 N–H and O–H groups in total. The molecule has 0 atom stereocenters. The summed E-state index contributed by atoms with van der Waals surface area (Å²) in [5.74, 6) is -0.594. The number of rotatable bonds is 7. The Kier molecular flexibility index (Phi) is 6.95. The first kappa shape index (κ1) is 21.5. The summed E-state index contributed by atoms with van der Waals surface area (Å²) >= 11 is 0. The van der Waals surface area contributed by atoms with Gasteiger partial charge in [-0.05, 0) is 60.2 Å². The SMILES string of the molecule is COc1ccc(C(=O)Oc2ccc(C=NNC(=O)c3ccccc3F)cc2)cc1OC. The van der Waals surface area contributed by atoms with Crippen molar-refractivity contribution in [3.05, 3.63) is 89.2 Å². The van der Waals surface area contributed by atoms with Gasteiger partial charge >= 0.3 is 5.97 Å². The Morgan fingerprint density at radius 2 is 1.65 bits per heavy atom. The number of halogens is 1. The number of nitrogens with zero attached hydrogens (tertiary/aromatic N) is 1. The van der Waals surface area contributed by atoms with Crippen molar-refractivity contribution in [2.45, 2.75) is 0 Å². The number of hydrogen-bond donors (Lipinski definition) is 1. The molecular weight excluding hydrogens is 403 g/mol. The van der Waals surface area contributed by atoms with Crippen LogP contribution in [0.4, 0.5) is 4.39 Å². The summed E-state index contributed by atoms with van der Waals surface area (Å²) in [5.41, 5.74) is 3.10. The van der Waals surface area contributed by atoms with Crippen LogP contribution >= 0.6 is 0 Å². The van der Waals surface area contributed by atoms with Gasteiger partial charge in [0.05, 0.1) is 31.6 Å². The first-order chi connectivity index (χ1) is 15.0. The fourth-order valence-electron chi connectivity index (χ4n) is 2.62. The number of carbonyl (C=O) groups is 2. The van der Waals surface area contributed by atoms with Gasteiger partial charge in [0, 0.05) is 0 Å². The van der Waals surface area contributed by atoms with Crippen LogP contribution in [-0.2, 0) is 0 Å². The van der Waals surface area contributed by atoms with Gasteiger partial charge in [0.15, 0.2) is 11.5 Å². The Morgan fingerprint density at radius 1 is 0.935 bits per heavy atom. The van der Waals surface area contributed by atoms with Crippen molar-refractivity contribution in [1.82, 2.24) is 5.43 Å². The van der Waals surface area contributed by atoms with E-state index in [0.29, 0.717) is 28.4 Å². The van der Waals surface area contributed by atoms with Crippen molar-refractivity contribution in [3.8, 4) is 17.2 Å². The number of methoxy groups -OCH3 is 2. The molecule has 0 heterocycles. The third kappa shape index (κ3) is 5.45. The van der Waals surface area contributed by atoms with Crippen LogP contribution in [0.2, 0.25) is 0 Å². The monoisotopic (exact) mass is 422 g/mol. The van der Waals surface area contributed by atoms with Gasteiger partial charge in [0.2, 0.25) is 0 Å². The van der Waals surface area contributed by atoms with Crippen molar-refractivity contribution >= 4 is 18.1 Å². The second-order valence-electron chi connectivity index (χ2n) is 6.21. The maximum Gasteiger partial charge on any atom is 0.343 e. The molecule has 3 aromatic rings. The van der Waals surface area contributed by atoms with E-state index in [4.69, 9.17) is 14.2 Å². The maximum atomic E-state index is 13.6. The van der Waals surface area contributed by atoms with Gasteiger partial charge < -0.3 is 14.2 Å². The Morgan fingerprint density at radius 3 is 2.32 bits per heavy atom. The minimum atomic E-state index is -0.658. The molecule has 0 saturated carbocycles. The van der Waals surface area contributed by atoms with Crippen molar-refractivity contribution in [3.63, 3.8) is 0 Å². The smallest absolute Gasteiger partial charge is 0.343 e. The van der Waals surface area contributed by atoms with Crippen LogP contribution in [-0.4, -0.2) is 32.3 Å². The Labute approximate surface area is 178 Å². The molecule has 31 heavy (non-hydrogen) atoms.